The van der Waals surface area contributed by atoms with Crippen molar-refractivity contribution in [3.63, 3.8) is 0 Å². The van der Waals surface area contributed by atoms with E-state index in [4.69, 9.17) is 0 Å². The number of hydrogen-bond acceptors (Lipinski definition) is 4. The molecule has 7 nitrogen and oxygen atoms in total. The van der Waals surface area contributed by atoms with E-state index in [1.807, 2.05) is 26.0 Å². The molecule has 162 valence electrons. The molecule has 1 atom stereocenters. The Balaban J connectivity index is 2.07. The summed E-state index contributed by atoms with van der Waals surface area (Å²) in [5.74, 6) is -0.465. The molecule has 2 amide bonds. The van der Waals surface area contributed by atoms with Gasteiger partial charge in [-0.3, -0.25) is 9.59 Å². The van der Waals surface area contributed by atoms with Crippen LogP contribution in [0.2, 0.25) is 0 Å². The summed E-state index contributed by atoms with van der Waals surface area (Å²) in [6, 6.07) is 6.42. The van der Waals surface area contributed by atoms with Crippen LogP contribution < -0.4 is 5.32 Å². The minimum absolute atomic E-state index is 0.0465. The van der Waals surface area contributed by atoms with E-state index in [2.05, 4.69) is 26.1 Å². The number of piperazine rings is 1. The summed E-state index contributed by atoms with van der Waals surface area (Å²) in [5.41, 5.74) is 1.03. The largest absolute Gasteiger partial charge is 0.344 e. The van der Waals surface area contributed by atoms with Crippen LogP contribution in [-0.2, 0) is 25.0 Å². The molecule has 0 aromatic heterocycles. The lowest BCUT2D eigenvalue weighted by Gasteiger charge is -2.36. The topological polar surface area (TPSA) is 86.8 Å². The van der Waals surface area contributed by atoms with E-state index in [9.17, 15) is 18.0 Å². The van der Waals surface area contributed by atoms with Gasteiger partial charge in [-0.05, 0) is 29.0 Å². The zero-order valence-corrected chi connectivity index (χ0v) is 19.0. The van der Waals surface area contributed by atoms with Crippen molar-refractivity contribution in [2.24, 2.45) is 5.92 Å². The highest BCUT2D eigenvalue weighted by Crippen LogP contribution is 2.25. The summed E-state index contributed by atoms with van der Waals surface area (Å²) in [5, 5.41) is 2.70. The van der Waals surface area contributed by atoms with Crippen molar-refractivity contribution < 1.29 is 18.0 Å². The number of benzene rings is 1. The molecule has 2 rings (SSSR count). The van der Waals surface area contributed by atoms with Crippen molar-refractivity contribution in [3.05, 3.63) is 29.8 Å². The molecule has 8 heteroatoms. The fraction of sp³-hybridized carbons (Fsp3) is 0.619. The molecule has 0 saturated carbocycles. The molecule has 1 aromatic carbocycles. The molecule has 1 aliphatic rings. The molecule has 1 aromatic rings. The predicted octanol–water partition coefficient (Wildman–Crippen LogP) is 1.98. The minimum atomic E-state index is -3.60. The predicted molar refractivity (Wildman–Crippen MR) is 113 cm³/mol. The van der Waals surface area contributed by atoms with Crippen LogP contribution in [0.25, 0.3) is 0 Å². The first kappa shape index (κ1) is 23.3. The van der Waals surface area contributed by atoms with E-state index in [1.165, 1.54) is 11.2 Å². The second kappa shape index (κ2) is 8.83. The molecule has 1 saturated heterocycles. The van der Waals surface area contributed by atoms with Crippen LogP contribution in [0, 0.1) is 5.92 Å². The Labute approximate surface area is 174 Å². The quantitative estimate of drug-likeness (QED) is 0.785. The van der Waals surface area contributed by atoms with E-state index in [-0.39, 0.29) is 41.1 Å². The third kappa shape index (κ3) is 5.57. The summed E-state index contributed by atoms with van der Waals surface area (Å²) in [6.45, 7) is 12.5. The number of rotatable bonds is 5. The van der Waals surface area contributed by atoms with Gasteiger partial charge < -0.3 is 10.2 Å². The summed E-state index contributed by atoms with van der Waals surface area (Å²) in [4.78, 5) is 26.1. The molecular weight excluding hydrogens is 390 g/mol. The van der Waals surface area contributed by atoms with Crippen molar-refractivity contribution >= 4 is 21.8 Å². The van der Waals surface area contributed by atoms with Crippen LogP contribution in [0.3, 0.4) is 0 Å². The molecule has 0 aliphatic carbocycles. The molecule has 1 N–H and O–H groups in total. The van der Waals surface area contributed by atoms with Gasteiger partial charge in [0.2, 0.25) is 21.8 Å². The van der Waals surface area contributed by atoms with Gasteiger partial charge in [-0.1, -0.05) is 46.8 Å². The summed E-state index contributed by atoms with van der Waals surface area (Å²) in [6.07, 6.45) is 0. The molecule has 0 radical (unpaired) electrons. The van der Waals surface area contributed by atoms with Gasteiger partial charge in [-0.15, -0.1) is 0 Å². The third-order valence-electron chi connectivity index (χ3n) is 5.20. The monoisotopic (exact) mass is 423 g/mol. The van der Waals surface area contributed by atoms with Gasteiger partial charge in [0, 0.05) is 33.1 Å². The van der Waals surface area contributed by atoms with Crippen LogP contribution in [0.15, 0.2) is 29.2 Å². The number of hydrogen-bond donors (Lipinski definition) is 1. The number of amides is 2. The Morgan fingerprint density at radius 2 is 1.52 bits per heavy atom. The molecule has 1 heterocycles. The molecular formula is C21H33N3O4S. The number of sulfonamides is 1. The highest BCUT2D eigenvalue weighted by atomic mass is 32.2. The Hall–Kier alpha value is -1.93. The van der Waals surface area contributed by atoms with Crippen molar-refractivity contribution in [1.29, 1.82) is 0 Å². The van der Waals surface area contributed by atoms with Crippen molar-refractivity contribution in [2.45, 2.75) is 57.9 Å². The lowest BCUT2D eigenvalue weighted by molar-refractivity contribution is -0.138. The average molecular weight is 424 g/mol. The van der Waals surface area contributed by atoms with Gasteiger partial charge in [-0.2, -0.15) is 4.31 Å². The Bertz CT molecular complexity index is 834. The lowest BCUT2D eigenvalue weighted by Crippen LogP contribution is -2.56. The number of carbonyl (C=O) groups excluding carboxylic acids is 2. The van der Waals surface area contributed by atoms with Gasteiger partial charge in [0.25, 0.3) is 0 Å². The maximum absolute atomic E-state index is 13.0. The Kier molecular flexibility index (Phi) is 7.11. The van der Waals surface area contributed by atoms with Gasteiger partial charge in [-0.25, -0.2) is 8.42 Å². The van der Waals surface area contributed by atoms with E-state index in [0.29, 0.717) is 13.1 Å². The summed E-state index contributed by atoms with van der Waals surface area (Å²) < 4.78 is 27.4. The maximum atomic E-state index is 13.0. The third-order valence-corrected chi connectivity index (χ3v) is 7.11. The van der Waals surface area contributed by atoms with Gasteiger partial charge in [0.05, 0.1) is 4.90 Å². The van der Waals surface area contributed by atoms with Gasteiger partial charge >= 0.3 is 0 Å². The van der Waals surface area contributed by atoms with E-state index < -0.39 is 16.1 Å². The minimum Gasteiger partial charge on any atom is -0.344 e. The molecule has 0 unspecified atom stereocenters. The van der Waals surface area contributed by atoms with Crippen molar-refractivity contribution in [2.75, 3.05) is 26.2 Å². The maximum Gasteiger partial charge on any atom is 0.245 e. The normalized spacial score (nSPS) is 17.3. The SMILES string of the molecule is CC(=O)N[C@H](C(=O)N1CCN(S(=O)(=O)c2ccc(C(C)(C)C)cc2)CC1)C(C)C. The number of nitrogens with one attached hydrogen (secondary N) is 1. The van der Waals surface area contributed by atoms with E-state index in [1.54, 1.807) is 17.0 Å². The second-order valence-electron chi connectivity index (χ2n) is 8.93. The standard InChI is InChI=1S/C21H33N3O4S/c1-15(2)19(22-16(3)25)20(26)23-11-13-24(14-12-23)29(27,28)18-9-7-17(8-10-18)21(4,5)6/h7-10,15,19H,11-14H2,1-6H3,(H,22,25)/t19-/m0/s1. The molecule has 1 fully saturated rings. The summed E-state index contributed by atoms with van der Waals surface area (Å²) >= 11 is 0. The highest BCUT2D eigenvalue weighted by Gasteiger charge is 2.34. The summed E-state index contributed by atoms with van der Waals surface area (Å²) in [7, 11) is -3.60. The smallest absolute Gasteiger partial charge is 0.245 e. The Morgan fingerprint density at radius 1 is 1.00 bits per heavy atom. The van der Waals surface area contributed by atoms with Crippen LogP contribution in [-0.4, -0.2) is 61.7 Å². The first-order valence-corrected chi connectivity index (χ1v) is 11.4. The fourth-order valence-corrected chi connectivity index (χ4v) is 4.78. The zero-order chi connectivity index (χ0) is 22.0. The lowest BCUT2D eigenvalue weighted by atomic mass is 9.87. The van der Waals surface area contributed by atoms with Crippen LogP contribution >= 0.6 is 0 Å². The average Bonchev–Trinajstić information content (AvgIpc) is 2.64. The first-order chi connectivity index (χ1) is 13.3. The van der Waals surface area contributed by atoms with E-state index >= 15 is 0 Å². The second-order valence-corrected chi connectivity index (χ2v) is 10.9. The van der Waals surface area contributed by atoms with E-state index in [0.717, 1.165) is 5.56 Å². The van der Waals surface area contributed by atoms with Crippen LogP contribution in [0.4, 0.5) is 0 Å². The molecule has 1 aliphatic heterocycles. The number of nitrogens with zero attached hydrogens (tertiary/aromatic N) is 2. The first-order valence-electron chi connectivity index (χ1n) is 10.0. The zero-order valence-electron chi connectivity index (χ0n) is 18.2. The Morgan fingerprint density at radius 3 is 1.93 bits per heavy atom. The number of carbonyl (C=O) groups is 2. The molecule has 0 spiro atoms. The van der Waals surface area contributed by atoms with Crippen molar-refractivity contribution in [3.8, 4) is 0 Å². The highest BCUT2D eigenvalue weighted by molar-refractivity contribution is 7.89. The molecule has 29 heavy (non-hydrogen) atoms. The fourth-order valence-electron chi connectivity index (χ4n) is 3.35. The van der Waals surface area contributed by atoms with Crippen molar-refractivity contribution in [1.82, 2.24) is 14.5 Å². The van der Waals surface area contributed by atoms with Crippen LogP contribution in [0.5, 0.6) is 0 Å². The van der Waals surface area contributed by atoms with Crippen LogP contribution in [0.1, 0.15) is 47.1 Å². The van der Waals surface area contributed by atoms with Gasteiger partial charge in [0.1, 0.15) is 6.04 Å². The van der Waals surface area contributed by atoms with Gasteiger partial charge in [0.15, 0.2) is 0 Å². The molecule has 0 bridgehead atoms.